The molecule has 2 N–H and O–H groups in total. The third kappa shape index (κ3) is 3.77. The van der Waals surface area contributed by atoms with Gasteiger partial charge in [0.15, 0.2) is 29.0 Å². The van der Waals surface area contributed by atoms with Crippen LogP contribution in [0.4, 0.5) is 5.82 Å². The Morgan fingerprint density at radius 2 is 2.03 bits per heavy atom. The molecule has 4 heterocycles. The topological polar surface area (TPSA) is 104 Å². The molecule has 2 saturated heterocycles. The molecule has 2 fully saturated rings. The van der Waals surface area contributed by atoms with Gasteiger partial charge in [0.1, 0.15) is 18.3 Å². The van der Waals surface area contributed by atoms with Gasteiger partial charge in [-0.25, -0.2) is 4.98 Å². The lowest BCUT2D eigenvalue weighted by molar-refractivity contribution is -0.199. The van der Waals surface area contributed by atoms with E-state index in [1.54, 1.807) is 10.9 Å². The first-order valence-electron chi connectivity index (χ1n) is 10.2. The van der Waals surface area contributed by atoms with Crippen molar-refractivity contribution in [2.24, 2.45) is 0 Å². The summed E-state index contributed by atoms with van der Waals surface area (Å²) in [4.78, 5) is 13.2. The van der Waals surface area contributed by atoms with Crippen LogP contribution in [0.2, 0.25) is 5.28 Å². The van der Waals surface area contributed by atoms with Gasteiger partial charge in [-0.05, 0) is 37.9 Å². The fourth-order valence-corrected chi connectivity index (χ4v) is 4.40. The summed E-state index contributed by atoms with van der Waals surface area (Å²) in [7, 11) is 0. The number of nitrogens with zero attached hydrogens (tertiary/aromatic N) is 4. The van der Waals surface area contributed by atoms with Crippen molar-refractivity contribution < 1.29 is 19.3 Å². The molecule has 2 aliphatic heterocycles. The van der Waals surface area contributed by atoms with Crippen LogP contribution in [0.3, 0.4) is 0 Å². The van der Waals surface area contributed by atoms with E-state index in [2.05, 4.69) is 39.3 Å². The monoisotopic (exact) mass is 445 g/mol. The summed E-state index contributed by atoms with van der Waals surface area (Å²) in [6, 6.07) is 8.21. The summed E-state index contributed by atoms with van der Waals surface area (Å²) in [6.45, 7) is 6.13. The quantitative estimate of drug-likeness (QED) is 0.578. The number of benzene rings is 1. The summed E-state index contributed by atoms with van der Waals surface area (Å²) in [5.74, 6) is -0.235. The van der Waals surface area contributed by atoms with Gasteiger partial charge >= 0.3 is 0 Å². The van der Waals surface area contributed by atoms with E-state index in [-0.39, 0.29) is 11.9 Å². The van der Waals surface area contributed by atoms with E-state index in [4.69, 9.17) is 25.8 Å². The van der Waals surface area contributed by atoms with Gasteiger partial charge in [0.25, 0.3) is 0 Å². The highest BCUT2D eigenvalue weighted by Gasteiger charge is 2.56. The van der Waals surface area contributed by atoms with Crippen LogP contribution in [0.5, 0.6) is 0 Å². The van der Waals surface area contributed by atoms with Crippen molar-refractivity contribution in [2.75, 3.05) is 11.9 Å². The highest BCUT2D eigenvalue weighted by molar-refractivity contribution is 6.28. The molecule has 2 aliphatic rings. The number of hydrogen-bond acceptors (Lipinski definition) is 8. The van der Waals surface area contributed by atoms with Crippen molar-refractivity contribution in [1.82, 2.24) is 19.5 Å². The van der Waals surface area contributed by atoms with Gasteiger partial charge in [-0.3, -0.25) is 4.57 Å². The molecule has 0 unspecified atom stereocenters. The molecule has 1 aromatic carbocycles. The van der Waals surface area contributed by atoms with E-state index in [9.17, 15) is 5.11 Å². The van der Waals surface area contributed by atoms with Gasteiger partial charge in [-0.2, -0.15) is 9.97 Å². The Balaban J connectivity index is 1.47. The van der Waals surface area contributed by atoms with Crippen LogP contribution in [0.15, 0.2) is 30.6 Å². The lowest BCUT2D eigenvalue weighted by Crippen LogP contribution is -2.31. The van der Waals surface area contributed by atoms with Gasteiger partial charge in [-0.15, -0.1) is 0 Å². The lowest BCUT2D eigenvalue weighted by atomic mass is 10.1. The minimum absolute atomic E-state index is 0.0955. The first-order valence-corrected chi connectivity index (χ1v) is 10.5. The molecule has 0 bridgehead atoms. The Hall–Kier alpha value is -2.30. The standard InChI is InChI=1S/C21H24ClN5O4/c1-11-5-4-6-12(7-11)8-23-17-14-18(26-20(22)25-17)27(10-24-14)19-16-15(13(9-28)29-19)30-21(2,3)31-16/h4-7,10,13,15-16,19,28H,8-9H2,1-3H3,(H,23,25,26)/t13-,15-,16-,19-/m1/s1. The third-order valence-corrected chi connectivity index (χ3v) is 5.69. The van der Waals surface area contributed by atoms with E-state index in [0.717, 1.165) is 5.56 Å². The van der Waals surface area contributed by atoms with E-state index in [1.165, 1.54) is 5.56 Å². The maximum absolute atomic E-state index is 9.76. The second-order valence-electron chi connectivity index (χ2n) is 8.32. The second kappa shape index (κ2) is 7.68. The SMILES string of the molecule is Cc1cccc(CNc2nc(Cl)nc3c2ncn3[C@@H]2O[C@H](CO)[C@H]3OC(C)(C)O[C@H]32)c1. The molecule has 0 amide bonds. The van der Waals surface area contributed by atoms with Crippen LogP contribution < -0.4 is 5.32 Å². The summed E-state index contributed by atoms with van der Waals surface area (Å²) < 4.78 is 19.8. The number of fused-ring (bicyclic) bond motifs is 2. The van der Waals surface area contributed by atoms with Crippen molar-refractivity contribution in [3.05, 3.63) is 47.0 Å². The van der Waals surface area contributed by atoms with Crippen LogP contribution in [-0.4, -0.2) is 55.3 Å². The molecule has 0 radical (unpaired) electrons. The molecule has 0 saturated carbocycles. The fraction of sp³-hybridized carbons (Fsp3) is 0.476. The minimum Gasteiger partial charge on any atom is -0.394 e. The Morgan fingerprint density at radius 3 is 2.81 bits per heavy atom. The number of aliphatic hydroxyl groups is 1. The maximum atomic E-state index is 9.76. The molecule has 164 valence electrons. The molecule has 10 heteroatoms. The van der Waals surface area contributed by atoms with Crippen molar-refractivity contribution >= 4 is 28.6 Å². The number of nitrogens with one attached hydrogen (secondary N) is 1. The molecule has 4 atom stereocenters. The molecular formula is C21H24ClN5O4. The van der Waals surface area contributed by atoms with Crippen LogP contribution in [-0.2, 0) is 20.8 Å². The first kappa shape index (κ1) is 20.6. The smallest absolute Gasteiger partial charge is 0.226 e. The molecule has 0 spiro atoms. The summed E-state index contributed by atoms with van der Waals surface area (Å²) in [5, 5.41) is 13.2. The zero-order valence-electron chi connectivity index (χ0n) is 17.4. The predicted molar refractivity (Wildman–Crippen MR) is 114 cm³/mol. The van der Waals surface area contributed by atoms with Crippen LogP contribution in [0, 0.1) is 6.92 Å². The molecule has 0 aliphatic carbocycles. The third-order valence-electron chi connectivity index (χ3n) is 5.52. The molecule has 9 nitrogen and oxygen atoms in total. The van der Waals surface area contributed by atoms with Gasteiger partial charge in [-0.1, -0.05) is 29.8 Å². The zero-order valence-corrected chi connectivity index (χ0v) is 18.2. The highest BCUT2D eigenvalue weighted by Crippen LogP contribution is 2.43. The Bertz CT molecular complexity index is 1120. The second-order valence-corrected chi connectivity index (χ2v) is 8.66. The summed E-state index contributed by atoms with van der Waals surface area (Å²) in [6.07, 6.45) is -0.250. The van der Waals surface area contributed by atoms with Crippen molar-refractivity contribution in [3.63, 3.8) is 0 Å². The van der Waals surface area contributed by atoms with E-state index < -0.39 is 30.3 Å². The number of imidazole rings is 1. The van der Waals surface area contributed by atoms with Gasteiger partial charge < -0.3 is 24.6 Å². The summed E-state index contributed by atoms with van der Waals surface area (Å²) in [5.41, 5.74) is 3.39. The van der Waals surface area contributed by atoms with E-state index in [0.29, 0.717) is 23.5 Å². The average molecular weight is 446 g/mol. The number of aromatic nitrogens is 4. The minimum atomic E-state index is -0.770. The molecular weight excluding hydrogens is 422 g/mol. The fourth-order valence-electron chi connectivity index (χ4n) is 4.24. The maximum Gasteiger partial charge on any atom is 0.226 e. The number of halogens is 1. The number of ether oxygens (including phenoxy) is 3. The first-order chi connectivity index (χ1) is 14.8. The van der Waals surface area contributed by atoms with Crippen LogP contribution in [0.1, 0.15) is 31.2 Å². The van der Waals surface area contributed by atoms with E-state index >= 15 is 0 Å². The Morgan fingerprint density at radius 1 is 1.23 bits per heavy atom. The molecule has 5 rings (SSSR count). The zero-order chi connectivity index (χ0) is 21.8. The molecule has 31 heavy (non-hydrogen) atoms. The van der Waals surface area contributed by atoms with Gasteiger partial charge in [0.2, 0.25) is 5.28 Å². The number of hydrogen-bond donors (Lipinski definition) is 2. The van der Waals surface area contributed by atoms with Crippen molar-refractivity contribution in [1.29, 1.82) is 0 Å². The number of rotatable bonds is 5. The predicted octanol–water partition coefficient (Wildman–Crippen LogP) is 2.81. The average Bonchev–Trinajstić information content (AvgIpc) is 3.36. The number of aryl methyl sites for hydroxylation is 1. The molecule has 3 aromatic rings. The van der Waals surface area contributed by atoms with E-state index in [1.807, 2.05) is 26.0 Å². The van der Waals surface area contributed by atoms with Gasteiger partial charge in [0, 0.05) is 6.54 Å². The Kier molecular flexibility index (Phi) is 5.10. The highest BCUT2D eigenvalue weighted by atomic mass is 35.5. The number of anilines is 1. The Labute approximate surface area is 184 Å². The summed E-state index contributed by atoms with van der Waals surface area (Å²) >= 11 is 6.24. The van der Waals surface area contributed by atoms with Crippen molar-refractivity contribution in [2.45, 2.75) is 57.6 Å². The lowest BCUT2D eigenvalue weighted by Gasteiger charge is -2.24. The van der Waals surface area contributed by atoms with Crippen molar-refractivity contribution in [3.8, 4) is 0 Å². The normalized spacial score (nSPS) is 27.0. The largest absolute Gasteiger partial charge is 0.394 e. The van der Waals surface area contributed by atoms with Gasteiger partial charge in [0.05, 0.1) is 12.9 Å². The van der Waals surface area contributed by atoms with Crippen LogP contribution >= 0.6 is 11.6 Å². The number of aliphatic hydroxyl groups excluding tert-OH is 1. The van der Waals surface area contributed by atoms with Crippen LogP contribution in [0.25, 0.3) is 11.2 Å². The molecule has 2 aromatic heterocycles.